The van der Waals surface area contributed by atoms with E-state index in [4.69, 9.17) is 5.11 Å². The van der Waals surface area contributed by atoms with Crippen LogP contribution in [0.3, 0.4) is 0 Å². The maximum atomic E-state index is 10.9. The average Bonchev–Trinajstić information content (AvgIpc) is 2.97. The summed E-state index contributed by atoms with van der Waals surface area (Å²) >= 11 is 5.18. The van der Waals surface area contributed by atoms with Crippen LogP contribution in [-0.4, -0.2) is 20.6 Å². The van der Waals surface area contributed by atoms with E-state index in [1.807, 2.05) is 16.0 Å². The molecule has 0 unspecified atom stereocenters. The molecule has 0 aliphatic rings. The Morgan fingerprint density at radius 1 is 1.42 bits per heavy atom. The van der Waals surface area contributed by atoms with Crippen LogP contribution < -0.4 is 0 Å². The number of hydrogen-bond acceptors (Lipinski definition) is 3. The molecule has 1 aromatic carbocycles. The van der Waals surface area contributed by atoms with Crippen LogP contribution in [0.2, 0.25) is 0 Å². The van der Waals surface area contributed by atoms with Crippen LogP contribution in [-0.2, 0) is 6.54 Å². The number of hydrogen-bond donors (Lipinski definition) is 1. The number of imidazole rings is 1. The lowest BCUT2D eigenvalue weighted by Crippen LogP contribution is -1.98. The van der Waals surface area contributed by atoms with Crippen LogP contribution >= 0.6 is 27.3 Å². The summed E-state index contributed by atoms with van der Waals surface area (Å²) in [4.78, 5) is 16.4. The molecule has 2 heterocycles. The molecule has 0 spiro atoms. The van der Waals surface area contributed by atoms with Gasteiger partial charge in [0, 0.05) is 9.35 Å². The number of carboxylic acid groups (broad SMARTS) is 1. The highest BCUT2D eigenvalue weighted by atomic mass is 79.9. The van der Waals surface area contributed by atoms with Crippen molar-refractivity contribution in [3.63, 3.8) is 0 Å². The minimum atomic E-state index is -0.933. The van der Waals surface area contributed by atoms with E-state index >= 15 is 0 Å². The van der Waals surface area contributed by atoms with Gasteiger partial charge in [0.2, 0.25) is 0 Å². The molecule has 0 bridgehead atoms. The third-order valence-electron chi connectivity index (χ3n) is 2.87. The SMILES string of the molecule is O=C(O)c1ccc2c(c1)ncn2Cc1sccc1Br. The predicted molar refractivity (Wildman–Crippen MR) is 77.8 cm³/mol. The highest BCUT2D eigenvalue weighted by Gasteiger charge is 2.09. The van der Waals surface area contributed by atoms with E-state index in [2.05, 4.69) is 20.9 Å². The van der Waals surface area contributed by atoms with E-state index < -0.39 is 5.97 Å². The number of fused-ring (bicyclic) bond motifs is 1. The topological polar surface area (TPSA) is 55.1 Å². The molecule has 0 radical (unpaired) electrons. The molecule has 0 saturated carbocycles. The highest BCUT2D eigenvalue weighted by Crippen LogP contribution is 2.25. The van der Waals surface area contributed by atoms with Crippen molar-refractivity contribution < 1.29 is 9.90 Å². The van der Waals surface area contributed by atoms with Gasteiger partial charge in [-0.15, -0.1) is 11.3 Å². The maximum absolute atomic E-state index is 10.9. The van der Waals surface area contributed by atoms with Crippen molar-refractivity contribution in [3.8, 4) is 0 Å². The van der Waals surface area contributed by atoms with Crippen molar-refractivity contribution in [3.05, 3.63) is 50.9 Å². The fourth-order valence-corrected chi connectivity index (χ4v) is 3.39. The van der Waals surface area contributed by atoms with Crippen molar-refractivity contribution in [2.24, 2.45) is 0 Å². The smallest absolute Gasteiger partial charge is 0.335 e. The van der Waals surface area contributed by atoms with E-state index in [-0.39, 0.29) is 5.56 Å². The fourth-order valence-electron chi connectivity index (χ4n) is 1.92. The summed E-state index contributed by atoms with van der Waals surface area (Å²) in [5.74, 6) is -0.933. The van der Waals surface area contributed by atoms with Crippen LogP contribution in [0.5, 0.6) is 0 Å². The number of rotatable bonds is 3. The molecule has 0 saturated heterocycles. The summed E-state index contributed by atoms with van der Waals surface area (Å²) in [5.41, 5.74) is 1.90. The second-order valence-corrected chi connectivity index (χ2v) is 5.93. The van der Waals surface area contributed by atoms with Gasteiger partial charge in [-0.1, -0.05) is 0 Å². The summed E-state index contributed by atoms with van der Waals surface area (Å²) in [6.07, 6.45) is 1.74. The van der Waals surface area contributed by atoms with Gasteiger partial charge in [0.05, 0.1) is 29.5 Å². The molecule has 96 valence electrons. The number of carboxylic acids is 1. The van der Waals surface area contributed by atoms with Gasteiger partial charge >= 0.3 is 5.97 Å². The first-order chi connectivity index (χ1) is 9.15. The molecular formula is C13H9BrN2O2S. The Hall–Kier alpha value is -1.66. The largest absolute Gasteiger partial charge is 0.478 e. The third kappa shape index (κ3) is 2.29. The number of nitrogens with zero attached hydrogens (tertiary/aromatic N) is 2. The van der Waals surface area contributed by atoms with Crippen LogP contribution in [0.4, 0.5) is 0 Å². The molecule has 0 fully saturated rings. The van der Waals surface area contributed by atoms with Crippen molar-refractivity contribution in [1.29, 1.82) is 0 Å². The zero-order chi connectivity index (χ0) is 13.4. The van der Waals surface area contributed by atoms with Gasteiger partial charge in [-0.25, -0.2) is 9.78 Å². The summed E-state index contributed by atoms with van der Waals surface area (Å²) < 4.78 is 3.10. The van der Waals surface area contributed by atoms with Crippen molar-refractivity contribution in [1.82, 2.24) is 9.55 Å². The molecule has 19 heavy (non-hydrogen) atoms. The van der Waals surface area contributed by atoms with Crippen LogP contribution in [0, 0.1) is 0 Å². The first-order valence-electron chi connectivity index (χ1n) is 5.55. The second-order valence-electron chi connectivity index (χ2n) is 4.07. The van der Waals surface area contributed by atoms with Gasteiger partial charge in [-0.2, -0.15) is 0 Å². The van der Waals surface area contributed by atoms with E-state index in [1.165, 1.54) is 4.88 Å². The first kappa shape index (κ1) is 12.4. The first-order valence-corrected chi connectivity index (χ1v) is 7.22. The van der Waals surface area contributed by atoms with Crippen LogP contribution in [0.15, 0.2) is 40.4 Å². The number of carbonyl (C=O) groups is 1. The molecule has 1 N–H and O–H groups in total. The lowest BCUT2D eigenvalue weighted by molar-refractivity contribution is 0.0697. The molecule has 6 heteroatoms. The Labute approximate surface area is 121 Å². The standard InChI is InChI=1S/C13H9BrN2O2S/c14-9-3-4-19-12(9)6-16-7-15-10-5-8(13(17)18)1-2-11(10)16/h1-5,7H,6H2,(H,17,18). The Balaban J connectivity index is 2.02. The number of benzene rings is 1. The molecule has 0 aliphatic heterocycles. The molecule has 0 amide bonds. The lowest BCUT2D eigenvalue weighted by atomic mass is 10.2. The molecule has 0 aliphatic carbocycles. The second kappa shape index (κ2) is 4.79. The van der Waals surface area contributed by atoms with Gasteiger partial charge in [-0.05, 0) is 45.6 Å². The van der Waals surface area contributed by atoms with E-state index in [9.17, 15) is 4.79 Å². The molecule has 2 aromatic heterocycles. The summed E-state index contributed by atoms with van der Waals surface area (Å²) in [7, 11) is 0. The summed E-state index contributed by atoms with van der Waals surface area (Å²) in [6, 6.07) is 7.01. The summed E-state index contributed by atoms with van der Waals surface area (Å²) in [6.45, 7) is 0.723. The monoisotopic (exact) mass is 336 g/mol. The third-order valence-corrected chi connectivity index (χ3v) is 4.78. The number of aromatic carboxylic acids is 1. The van der Waals surface area contributed by atoms with Crippen molar-refractivity contribution in [2.45, 2.75) is 6.54 Å². The van der Waals surface area contributed by atoms with E-state index in [0.717, 1.165) is 16.5 Å². The predicted octanol–water partition coefficient (Wildman–Crippen LogP) is 3.61. The minimum absolute atomic E-state index is 0.259. The summed E-state index contributed by atoms with van der Waals surface area (Å²) in [5, 5.41) is 11.0. The quantitative estimate of drug-likeness (QED) is 0.794. The zero-order valence-electron chi connectivity index (χ0n) is 9.71. The normalized spacial score (nSPS) is 11.0. The highest BCUT2D eigenvalue weighted by molar-refractivity contribution is 9.10. The van der Waals surface area contributed by atoms with Crippen molar-refractivity contribution >= 4 is 44.3 Å². The van der Waals surface area contributed by atoms with Crippen LogP contribution in [0.1, 0.15) is 15.2 Å². The van der Waals surface area contributed by atoms with Gasteiger partial charge in [0.25, 0.3) is 0 Å². The molecule has 4 nitrogen and oxygen atoms in total. The Morgan fingerprint density at radius 2 is 2.26 bits per heavy atom. The Kier molecular flexibility index (Phi) is 3.12. The van der Waals surface area contributed by atoms with E-state index in [0.29, 0.717) is 5.52 Å². The Bertz CT molecular complexity index is 763. The number of aromatic nitrogens is 2. The number of thiophene rings is 1. The molecule has 3 rings (SSSR count). The molecular weight excluding hydrogens is 328 g/mol. The van der Waals surface area contributed by atoms with Gasteiger partial charge in [0.15, 0.2) is 0 Å². The minimum Gasteiger partial charge on any atom is -0.478 e. The van der Waals surface area contributed by atoms with Crippen molar-refractivity contribution in [2.75, 3.05) is 0 Å². The average molecular weight is 337 g/mol. The van der Waals surface area contributed by atoms with Gasteiger partial charge in [-0.3, -0.25) is 0 Å². The molecule has 3 aromatic rings. The maximum Gasteiger partial charge on any atom is 0.335 e. The lowest BCUT2D eigenvalue weighted by Gasteiger charge is -2.03. The fraction of sp³-hybridized carbons (Fsp3) is 0.0769. The molecule has 0 atom stereocenters. The number of halogens is 1. The van der Waals surface area contributed by atoms with Crippen LogP contribution in [0.25, 0.3) is 11.0 Å². The van der Waals surface area contributed by atoms with E-state index in [1.54, 1.807) is 35.9 Å². The Morgan fingerprint density at radius 3 is 2.95 bits per heavy atom. The zero-order valence-corrected chi connectivity index (χ0v) is 12.1. The van der Waals surface area contributed by atoms with Gasteiger partial charge < -0.3 is 9.67 Å². The van der Waals surface area contributed by atoms with Gasteiger partial charge in [0.1, 0.15) is 0 Å².